The lowest BCUT2D eigenvalue weighted by Crippen LogP contribution is -2.41. The summed E-state index contributed by atoms with van der Waals surface area (Å²) < 4.78 is 0. The van der Waals surface area contributed by atoms with Crippen LogP contribution in [-0.2, 0) is 0 Å². The molecule has 0 amide bonds. The minimum Gasteiger partial charge on any atom is -0.371 e. The Balaban J connectivity index is 2.10. The maximum Gasteiger partial charge on any atom is 0.0398 e. The van der Waals surface area contributed by atoms with Gasteiger partial charge in [0.25, 0.3) is 0 Å². The third kappa shape index (κ3) is 2.38. The van der Waals surface area contributed by atoms with Crippen LogP contribution in [0.3, 0.4) is 0 Å². The van der Waals surface area contributed by atoms with Gasteiger partial charge in [-0.05, 0) is 50.9 Å². The highest BCUT2D eigenvalue weighted by molar-refractivity contribution is 5.55. The summed E-state index contributed by atoms with van der Waals surface area (Å²) in [6, 6.07) is 7.45. The molecule has 1 fully saturated rings. The number of nitrogens with zero attached hydrogens (tertiary/aromatic N) is 1. The highest BCUT2D eigenvalue weighted by atomic mass is 15.1. The van der Waals surface area contributed by atoms with Crippen molar-refractivity contribution in [2.75, 3.05) is 25.0 Å². The summed E-state index contributed by atoms with van der Waals surface area (Å²) in [5.41, 5.74) is 4.18. The smallest absolute Gasteiger partial charge is 0.0398 e. The second-order valence-corrected chi connectivity index (χ2v) is 4.84. The van der Waals surface area contributed by atoms with Crippen LogP contribution < -0.4 is 10.2 Å². The fourth-order valence-electron chi connectivity index (χ4n) is 2.47. The molecular formula is C14H22N2. The Hall–Kier alpha value is -1.02. The Morgan fingerprint density at radius 3 is 2.50 bits per heavy atom. The molecule has 0 spiro atoms. The van der Waals surface area contributed by atoms with Crippen LogP contribution in [0.2, 0.25) is 0 Å². The van der Waals surface area contributed by atoms with Gasteiger partial charge in [0, 0.05) is 24.8 Å². The number of rotatable bonds is 2. The molecule has 16 heavy (non-hydrogen) atoms. The van der Waals surface area contributed by atoms with E-state index in [-0.39, 0.29) is 0 Å². The van der Waals surface area contributed by atoms with Crippen LogP contribution in [0.5, 0.6) is 0 Å². The summed E-state index contributed by atoms with van der Waals surface area (Å²) in [4.78, 5) is 2.52. The van der Waals surface area contributed by atoms with E-state index >= 15 is 0 Å². The zero-order valence-corrected chi connectivity index (χ0v) is 10.6. The second kappa shape index (κ2) is 4.88. The second-order valence-electron chi connectivity index (χ2n) is 4.84. The Labute approximate surface area is 98.7 Å². The number of anilines is 1. The van der Waals surface area contributed by atoms with Gasteiger partial charge in [0.05, 0.1) is 0 Å². The zero-order valence-electron chi connectivity index (χ0n) is 10.6. The van der Waals surface area contributed by atoms with Crippen LogP contribution in [0.4, 0.5) is 5.69 Å². The van der Waals surface area contributed by atoms with Crippen molar-refractivity contribution in [3.63, 3.8) is 0 Å². The summed E-state index contributed by atoms with van der Waals surface area (Å²) >= 11 is 0. The van der Waals surface area contributed by atoms with Gasteiger partial charge in [-0.15, -0.1) is 0 Å². The Morgan fingerprint density at radius 1 is 1.19 bits per heavy atom. The van der Waals surface area contributed by atoms with Crippen molar-refractivity contribution in [3.05, 3.63) is 29.3 Å². The van der Waals surface area contributed by atoms with Gasteiger partial charge >= 0.3 is 0 Å². The molecular weight excluding hydrogens is 196 g/mol. The molecule has 0 radical (unpaired) electrons. The van der Waals surface area contributed by atoms with Crippen LogP contribution in [0, 0.1) is 13.8 Å². The van der Waals surface area contributed by atoms with Gasteiger partial charge in [0.1, 0.15) is 0 Å². The van der Waals surface area contributed by atoms with Crippen molar-refractivity contribution in [3.8, 4) is 0 Å². The van der Waals surface area contributed by atoms with Crippen molar-refractivity contribution in [1.29, 1.82) is 0 Å². The van der Waals surface area contributed by atoms with Gasteiger partial charge < -0.3 is 10.2 Å². The van der Waals surface area contributed by atoms with E-state index in [1.165, 1.54) is 42.7 Å². The largest absolute Gasteiger partial charge is 0.371 e. The summed E-state index contributed by atoms with van der Waals surface area (Å²) in [6.45, 7) is 6.73. The molecule has 1 aromatic carbocycles. The number of benzene rings is 1. The first-order valence-electron chi connectivity index (χ1n) is 6.20. The molecule has 0 aliphatic carbocycles. The summed E-state index contributed by atoms with van der Waals surface area (Å²) in [5.74, 6) is 0. The van der Waals surface area contributed by atoms with Crippen molar-refractivity contribution in [1.82, 2.24) is 5.32 Å². The predicted octanol–water partition coefficient (Wildman–Crippen LogP) is 2.49. The van der Waals surface area contributed by atoms with Gasteiger partial charge in [-0.1, -0.05) is 12.1 Å². The van der Waals surface area contributed by atoms with E-state index < -0.39 is 0 Å². The average molecular weight is 218 g/mol. The maximum absolute atomic E-state index is 3.38. The molecule has 2 heteroatoms. The van der Waals surface area contributed by atoms with Gasteiger partial charge in [-0.25, -0.2) is 0 Å². The highest BCUT2D eigenvalue weighted by Gasteiger charge is 2.18. The number of piperidine rings is 1. The molecule has 0 aromatic heterocycles. The van der Waals surface area contributed by atoms with Crippen LogP contribution in [0.25, 0.3) is 0 Å². The summed E-state index contributed by atoms with van der Waals surface area (Å²) in [5, 5.41) is 3.38. The number of nitrogens with one attached hydrogen (secondary N) is 1. The van der Waals surface area contributed by atoms with E-state index in [0.29, 0.717) is 6.04 Å². The van der Waals surface area contributed by atoms with E-state index in [4.69, 9.17) is 0 Å². The first kappa shape index (κ1) is 11.5. The minimum atomic E-state index is 0.710. The molecule has 1 saturated heterocycles. The van der Waals surface area contributed by atoms with E-state index in [9.17, 15) is 0 Å². The molecule has 1 aromatic rings. The first-order chi connectivity index (χ1) is 7.70. The monoisotopic (exact) mass is 218 g/mol. The Morgan fingerprint density at radius 2 is 1.88 bits per heavy atom. The molecule has 2 nitrogen and oxygen atoms in total. The van der Waals surface area contributed by atoms with Crippen LogP contribution in [0.15, 0.2) is 18.2 Å². The molecule has 0 atom stereocenters. The molecule has 2 rings (SSSR count). The van der Waals surface area contributed by atoms with Crippen molar-refractivity contribution >= 4 is 5.69 Å². The molecule has 1 heterocycles. The molecule has 1 aliphatic heterocycles. The van der Waals surface area contributed by atoms with E-state index in [1.807, 2.05) is 0 Å². The molecule has 1 aliphatic rings. The molecule has 88 valence electrons. The van der Waals surface area contributed by atoms with Crippen molar-refractivity contribution < 1.29 is 0 Å². The van der Waals surface area contributed by atoms with E-state index in [1.54, 1.807) is 0 Å². The third-order valence-corrected chi connectivity index (χ3v) is 3.61. The lowest BCUT2D eigenvalue weighted by Gasteiger charge is -2.34. The van der Waals surface area contributed by atoms with Gasteiger partial charge in [-0.2, -0.15) is 0 Å². The van der Waals surface area contributed by atoms with E-state index in [2.05, 4.69) is 49.3 Å². The van der Waals surface area contributed by atoms with Crippen molar-refractivity contribution in [2.45, 2.75) is 32.7 Å². The quantitative estimate of drug-likeness (QED) is 0.820. The fraction of sp³-hybridized carbons (Fsp3) is 0.571. The van der Waals surface area contributed by atoms with E-state index in [0.717, 1.165) is 0 Å². The highest BCUT2D eigenvalue weighted by Crippen LogP contribution is 2.24. The number of hydrogen-bond acceptors (Lipinski definition) is 2. The number of hydrogen-bond donors (Lipinski definition) is 1. The normalized spacial score (nSPS) is 17.8. The standard InChI is InChI=1S/C14H22N2/c1-11-4-5-12(2)14(10-11)16-8-6-13(15-3)7-9-16/h4-5,10,13,15H,6-9H2,1-3H3. The first-order valence-corrected chi connectivity index (χ1v) is 6.20. The summed E-state index contributed by atoms with van der Waals surface area (Å²) in [7, 11) is 2.07. The predicted molar refractivity (Wildman–Crippen MR) is 70.2 cm³/mol. The summed E-state index contributed by atoms with van der Waals surface area (Å²) in [6.07, 6.45) is 2.51. The topological polar surface area (TPSA) is 15.3 Å². The molecule has 0 saturated carbocycles. The SMILES string of the molecule is CNC1CCN(c2cc(C)ccc2C)CC1. The van der Waals surface area contributed by atoms with Crippen LogP contribution in [0.1, 0.15) is 24.0 Å². The zero-order chi connectivity index (χ0) is 11.5. The molecule has 1 N–H and O–H groups in total. The Kier molecular flexibility index (Phi) is 3.49. The fourth-order valence-corrected chi connectivity index (χ4v) is 2.47. The minimum absolute atomic E-state index is 0.710. The Bertz CT molecular complexity index is 352. The lowest BCUT2D eigenvalue weighted by atomic mass is 10.0. The van der Waals surface area contributed by atoms with Crippen LogP contribution >= 0.6 is 0 Å². The van der Waals surface area contributed by atoms with Crippen LogP contribution in [-0.4, -0.2) is 26.2 Å². The van der Waals surface area contributed by atoms with Gasteiger partial charge in [0.15, 0.2) is 0 Å². The molecule has 0 unspecified atom stereocenters. The maximum atomic E-state index is 3.38. The number of aryl methyl sites for hydroxylation is 2. The third-order valence-electron chi connectivity index (χ3n) is 3.61. The lowest BCUT2D eigenvalue weighted by molar-refractivity contribution is 0.442. The van der Waals surface area contributed by atoms with Gasteiger partial charge in [-0.3, -0.25) is 0 Å². The van der Waals surface area contributed by atoms with Crippen molar-refractivity contribution in [2.24, 2.45) is 0 Å². The average Bonchev–Trinajstić information content (AvgIpc) is 2.32. The van der Waals surface area contributed by atoms with Gasteiger partial charge in [0.2, 0.25) is 0 Å². The molecule has 0 bridgehead atoms.